The Kier molecular flexibility index (Phi) is 3.98. The standard InChI is InChI=1S/C13H22N2S/c1-3-11-6-5-7-13(10-11,15-4-2)12-14-8-9-16-12/h8-9,11,15H,3-7,10H2,1-2H3. The zero-order valence-electron chi connectivity index (χ0n) is 10.3. The fraction of sp³-hybridized carbons (Fsp3) is 0.769. The van der Waals surface area contributed by atoms with E-state index in [4.69, 9.17) is 0 Å². The number of nitrogens with one attached hydrogen (secondary N) is 1. The fourth-order valence-electron chi connectivity index (χ4n) is 2.97. The summed E-state index contributed by atoms with van der Waals surface area (Å²) in [5.74, 6) is 0.872. The summed E-state index contributed by atoms with van der Waals surface area (Å²) >= 11 is 1.81. The van der Waals surface area contributed by atoms with Gasteiger partial charge in [-0.2, -0.15) is 0 Å². The van der Waals surface area contributed by atoms with Crippen LogP contribution in [0.5, 0.6) is 0 Å². The molecule has 3 heteroatoms. The van der Waals surface area contributed by atoms with E-state index in [0.717, 1.165) is 12.5 Å². The number of hydrogen-bond donors (Lipinski definition) is 1. The van der Waals surface area contributed by atoms with Crippen LogP contribution in [0.3, 0.4) is 0 Å². The van der Waals surface area contributed by atoms with Crippen molar-refractivity contribution < 1.29 is 0 Å². The van der Waals surface area contributed by atoms with E-state index in [1.807, 2.05) is 17.5 Å². The summed E-state index contributed by atoms with van der Waals surface area (Å²) in [5, 5.41) is 7.11. The van der Waals surface area contributed by atoms with Crippen LogP contribution < -0.4 is 5.32 Å². The minimum Gasteiger partial charge on any atom is -0.306 e. The summed E-state index contributed by atoms with van der Waals surface area (Å²) in [6, 6.07) is 0. The molecule has 0 saturated heterocycles. The van der Waals surface area contributed by atoms with Gasteiger partial charge < -0.3 is 5.32 Å². The van der Waals surface area contributed by atoms with Crippen molar-refractivity contribution in [2.24, 2.45) is 5.92 Å². The molecule has 1 aromatic rings. The van der Waals surface area contributed by atoms with Gasteiger partial charge in [-0.15, -0.1) is 11.3 Å². The molecule has 2 unspecified atom stereocenters. The van der Waals surface area contributed by atoms with Crippen LogP contribution in [-0.2, 0) is 5.54 Å². The van der Waals surface area contributed by atoms with E-state index in [2.05, 4.69) is 29.5 Å². The van der Waals surface area contributed by atoms with E-state index < -0.39 is 0 Å². The number of thiazole rings is 1. The molecule has 0 aromatic carbocycles. The Bertz CT molecular complexity index is 306. The molecular weight excluding hydrogens is 216 g/mol. The molecule has 0 radical (unpaired) electrons. The minimum absolute atomic E-state index is 0.182. The monoisotopic (exact) mass is 238 g/mol. The highest BCUT2D eigenvalue weighted by molar-refractivity contribution is 7.09. The van der Waals surface area contributed by atoms with Crippen molar-refractivity contribution in [1.82, 2.24) is 10.3 Å². The van der Waals surface area contributed by atoms with Gasteiger partial charge in [0.05, 0.1) is 5.54 Å². The van der Waals surface area contributed by atoms with E-state index in [1.165, 1.54) is 37.1 Å². The molecule has 2 atom stereocenters. The first-order valence-electron chi connectivity index (χ1n) is 6.45. The topological polar surface area (TPSA) is 24.9 Å². The van der Waals surface area contributed by atoms with Crippen LogP contribution in [0.1, 0.15) is 51.0 Å². The van der Waals surface area contributed by atoms with Gasteiger partial charge in [-0.3, -0.25) is 0 Å². The molecule has 1 heterocycles. The van der Waals surface area contributed by atoms with Crippen LogP contribution in [0, 0.1) is 5.92 Å². The highest BCUT2D eigenvalue weighted by Gasteiger charge is 2.38. The predicted molar refractivity (Wildman–Crippen MR) is 69.7 cm³/mol. The Morgan fingerprint density at radius 3 is 3.06 bits per heavy atom. The molecule has 1 fully saturated rings. The first-order chi connectivity index (χ1) is 7.80. The van der Waals surface area contributed by atoms with Crippen LogP contribution in [-0.4, -0.2) is 11.5 Å². The highest BCUT2D eigenvalue weighted by atomic mass is 32.1. The number of rotatable bonds is 4. The van der Waals surface area contributed by atoms with E-state index in [9.17, 15) is 0 Å². The average Bonchev–Trinajstić information content (AvgIpc) is 2.84. The molecule has 1 N–H and O–H groups in total. The molecule has 1 aliphatic carbocycles. The Hall–Kier alpha value is -0.410. The SMILES string of the molecule is CCNC1(c2nccs2)CCCC(CC)C1. The summed E-state index contributed by atoms with van der Waals surface area (Å²) in [5.41, 5.74) is 0.182. The van der Waals surface area contributed by atoms with Gasteiger partial charge >= 0.3 is 0 Å². The van der Waals surface area contributed by atoms with E-state index in [1.54, 1.807) is 0 Å². The maximum atomic E-state index is 4.56. The van der Waals surface area contributed by atoms with Gasteiger partial charge in [0.15, 0.2) is 0 Å². The van der Waals surface area contributed by atoms with Crippen molar-refractivity contribution >= 4 is 11.3 Å². The average molecular weight is 238 g/mol. The first-order valence-corrected chi connectivity index (χ1v) is 7.33. The van der Waals surface area contributed by atoms with Crippen molar-refractivity contribution in [2.75, 3.05) is 6.54 Å². The zero-order chi connectivity index (χ0) is 11.4. The molecule has 90 valence electrons. The first kappa shape index (κ1) is 12.1. The predicted octanol–water partition coefficient (Wildman–Crippen LogP) is 3.55. The third-order valence-corrected chi connectivity index (χ3v) is 4.76. The molecule has 0 bridgehead atoms. The van der Waals surface area contributed by atoms with E-state index in [0.29, 0.717) is 0 Å². The van der Waals surface area contributed by atoms with Gasteiger partial charge in [-0.1, -0.05) is 33.1 Å². The highest BCUT2D eigenvalue weighted by Crippen LogP contribution is 2.41. The summed E-state index contributed by atoms with van der Waals surface area (Å²) in [7, 11) is 0. The van der Waals surface area contributed by atoms with Gasteiger partial charge in [0.1, 0.15) is 5.01 Å². The lowest BCUT2D eigenvalue weighted by molar-refractivity contribution is 0.177. The van der Waals surface area contributed by atoms with Crippen molar-refractivity contribution in [3.05, 3.63) is 16.6 Å². The molecule has 2 rings (SSSR count). The summed E-state index contributed by atoms with van der Waals surface area (Å²) in [6.07, 6.45) is 8.50. The Balaban J connectivity index is 2.21. The smallest absolute Gasteiger partial charge is 0.113 e. The maximum Gasteiger partial charge on any atom is 0.113 e. The van der Waals surface area contributed by atoms with Gasteiger partial charge in [0.2, 0.25) is 0 Å². The third kappa shape index (κ3) is 2.30. The summed E-state index contributed by atoms with van der Waals surface area (Å²) in [6.45, 7) is 5.55. The quantitative estimate of drug-likeness (QED) is 0.867. The van der Waals surface area contributed by atoms with Crippen molar-refractivity contribution in [3.63, 3.8) is 0 Å². The maximum absolute atomic E-state index is 4.56. The lowest BCUT2D eigenvalue weighted by Crippen LogP contribution is -2.45. The lowest BCUT2D eigenvalue weighted by Gasteiger charge is -2.40. The third-order valence-electron chi connectivity index (χ3n) is 3.79. The molecule has 0 amide bonds. The van der Waals surface area contributed by atoms with Crippen LogP contribution in [0.4, 0.5) is 0 Å². The van der Waals surface area contributed by atoms with Crippen molar-refractivity contribution in [1.29, 1.82) is 0 Å². The van der Waals surface area contributed by atoms with Gasteiger partial charge in [-0.05, 0) is 25.3 Å². The molecule has 1 aromatic heterocycles. The van der Waals surface area contributed by atoms with Crippen molar-refractivity contribution in [2.45, 2.75) is 51.5 Å². The Labute approximate surface area is 102 Å². The minimum atomic E-state index is 0.182. The second-order valence-corrected chi connectivity index (χ2v) is 5.71. The summed E-state index contributed by atoms with van der Waals surface area (Å²) in [4.78, 5) is 4.56. The number of hydrogen-bond acceptors (Lipinski definition) is 3. The second-order valence-electron chi connectivity index (χ2n) is 4.82. The second kappa shape index (κ2) is 5.28. The number of nitrogens with zero attached hydrogens (tertiary/aromatic N) is 1. The summed E-state index contributed by atoms with van der Waals surface area (Å²) < 4.78 is 0. The molecule has 2 nitrogen and oxygen atoms in total. The molecule has 0 aliphatic heterocycles. The van der Waals surface area contributed by atoms with Crippen LogP contribution >= 0.6 is 11.3 Å². The molecule has 16 heavy (non-hydrogen) atoms. The van der Waals surface area contributed by atoms with Crippen molar-refractivity contribution in [3.8, 4) is 0 Å². The molecular formula is C13H22N2S. The van der Waals surface area contributed by atoms with Crippen LogP contribution in [0.15, 0.2) is 11.6 Å². The van der Waals surface area contributed by atoms with E-state index >= 15 is 0 Å². The zero-order valence-corrected chi connectivity index (χ0v) is 11.1. The number of aromatic nitrogens is 1. The largest absolute Gasteiger partial charge is 0.306 e. The normalized spacial score (nSPS) is 30.5. The van der Waals surface area contributed by atoms with Gasteiger partial charge in [-0.25, -0.2) is 4.98 Å². The fourth-order valence-corrected chi connectivity index (χ4v) is 3.82. The Morgan fingerprint density at radius 1 is 1.56 bits per heavy atom. The Morgan fingerprint density at radius 2 is 2.44 bits per heavy atom. The van der Waals surface area contributed by atoms with Crippen LogP contribution in [0.25, 0.3) is 0 Å². The lowest BCUT2D eigenvalue weighted by atomic mass is 9.75. The molecule has 1 aliphatic rings. The molecule has 1 saturated carbocycles. The van der Waals surface area contributed by atoms with Gasteiger partial charge in [0.25, 0.3) is 0 Å². The van der Waals surface area contributed by atoms with E-state index in [-0.39, 0.29) is 5.54 Å². The van der Waals surface area contributed by atoms with Crippen LogP contribution in [0.2, 0.25) is 0 Å². The van der Waals surface area contributed by atoms with Gasteiger partial charge in [0, 0.05) is 11.6 Å². The molecule has 0 spiro atoms.